The monoisotopic (exact) mass is 464 g/mol. The number of aromatic nitrogens is 2. The number of rotatable bonds is 7. The molecule has 9 heteroatoms. The first kappa shape index (κ1) is 22.2. The van der Waals surface area contributed by atoms with Gasteiger partial charge in [0.25, 0.3) is 0 Å². The molecule has 2 aliphatic rings. The summed E-state index contributed by atoms with van der Waals surface area (Å²) >= 11 is 12.5. The summed E-state index contributed by atoms with van der Waals surface area (Å²) in [4.78, 5) is 18.5. The molecule has 0 radical (unpaired) electrons. The van der Waals surface area contributed by atoms with Crippen LogP contribution < -0.4 is 15.5 Å². The van der Waals surface area contributed by atoms with Crippen molar-refractivity contribution in [2.75, 3.05) is 49.1 Å². The summed E-state index contributed by atoms with van der Waals surface area (Å²) in [5, 5.41) is 5.67. The van der Waals surface area contributed by atoms with Crippen molar-refractivity contribution in [3.8, 4) is 0 Å². The van der Waals surface area contributed by atoms with Crippen molar-refractivity contribution < 1.29 is 4.79 Å². The van der Waals surface area contributed by atoms with Crippen molar-refractivity contribution in [3.05, 3.63) is 40.1 Å². The number of amides is 2. The largest absolute Gasteiger partial charge is 0.368 e. The van der Waals surface area contributed by atoms with Gasteiger partial charge in [-0.05, 0) is 50.8 Å². The third-order valence-electron chi connectivity index (χ3n) is 6.27. The van der Waals surface area contributed by atoms with Crippen LogP contribution in [0.25, 0.3) is 0 Å². The number of carbonyl (C=O) groups is 1. The van der Waals surface area contributed by atoms with E-state index in [1.54, 1.807) is 11.1 Å². The summed E-state index contributed by atoms with van der Waals surface area (Å²) in [5.74, 6) is 0. The zero-order valence-corrected chi connectivity index (χ0v) is 19.3. The topological polar surface area (TPSA) is 70.6 Å². The molecule has 2 aromatic rings. The predicted molar refractivity (Wildman–Crippen MR) is 126 cm³/mol. The van der Waals surface area contributed by atoms with Crippen LogP contribution in [0.4, 0.5) is 16.2 Å². The molecule has 2 aliphatic heterocycles. The van der Waals surface area contributed by atoms with E-state index in [4.69, 9.17) is 28.9 Å². The highest BCUT2D eigenvalue weighted by Gasteiger charge is 2.23. The SMILES string of the molecule is NC(=O)N(CCCCN1CCN(c2cccc(Cl)c2Cl)CC1)c1cnn2c1CCCC2. The van der Waals surface area contributed by atoms with E-state index in [0.717, 1.165) is 88.4 Å². The number of urea groups is 1. The highest BCUT2D eigenvalue weighted by atomic mass is 35.5. The van der Waals surface area contributed by atoms with Gasteiger partial charge in [-0.15, -0.1) is 0 Å². The number of piperazine rings is 1. The Labute approximate surface area is 193 Å². The fourth-order valence-electron chi connectivity index (χ4n) is 4.53. The Morgan fingerprint density at radius 2 is 1.90 bits per heavy atom. The Morgan fingerprint density at radius 1 is 1.10 bits per heavy atom. The molecule has 0 atom stereocenters. The first-order chi connectivity index (χ1) is 15.0. The Kier molecular flexibility index (Phi) is 7.25. The lowest BCUT2D eigenvalue weighted by Gasteiger charge is -2.36. The molecule has 1 fully saturated rings. The number of aryl methyl sites for hydroxylation is 1. The van der Waals surface area contributed by atoms with Crippen molar-refractivity contribution in [1.82, 2.24) is 14.7 Å². The molecular weight excluding hydrogens is 435 g/mol. The molecule has 3 heterocycles. The van der Waals surface area contributed by atoms with Crippen molar-refractivity contribution in [1.29, 1.82) is 0 Å². The molecule has 2 amide bonds. The average molecular weight is 465 g/mol. The van der Waals surface area contributed by atoms with Crippen LogP contribution in [-0.2, 0) is 13.0 Å². The first-order valence-corrected chi connectivity index (χ1v) is 11.8. The van der Waals surface area contributed by atoms with E-state index in [9.17, 15) is 4.79 Å². The molecule has 31 heavy (non-hydrogen) atoms. The molecule has 168 valence electrons. The number of halogens is 2. The quantitative estimate of drug-likeness (QED) is 0.628. The van der Waals surface area contributed by atoms with Crippen LogP contribution in [-0.4, -0.2) is 60.0 Å². The van der Waals surface area contributed by atoms with Gasteiger partial charge in [0.15, 0.2) is 0 Å². The molecule has 2 N–H and O–H groups in total. The van der Waals surface area contributed by atoms with Gasteiger partial charge in [0, 0.05) is 39.3 Å². The Morgan fingerprint density at radius 3 is 2.68 bits per heavy atom. The lowest BCUT2D eigenvalue weighted by molar-refractivity contribution is 0.249. The lowest BCUT2D eigenvalue weighted by atomic mass is 10.1. The highest BCUT2D eigenvalue weighted by molar-refractivity contribution is 6.43. The third kappa shape index (κ3) is 5.10. The number of carbonyl (C=O) groups excluding carboxylic acids is 1. The molecule has 1 aromatic heterocycles. The fraction of sp³-hybridized carbons (Fsp3) is 0.545. The van der Waals surface area contributed by atoms with E-state index >= 15 is 0 Å². The summed E-state index contributed by atoms with van der Waals surface area (Å²) in [6.45, 7) is 6.39. The standard InChI is InChI=1S/C22H30Cl2N6O/c23-17-6-5-8-19(21(17)24)28-14-12-27(13-15-28)9-3-4-10-29(22(25)31)20-16-26-30-11-2-1-7-18(20)30/h5-6,8,16H,1-4,7,9-15H2,(H2,25,31). The maximum atomic E-state index is 12.1. The second-order valence-corrected chi connectivity index (χ2v) is 9.04. The number of anilines is 2. The van der Waals surface area contributed by atoms with Gasteiger partial charge in [-0.3, -0.25) is 14.5 Å². The minimum atomic E-state index is -0.395. The smallest absolute Gasteiger partial charge is 0.319 e. The molecule has 0 bridgehead atoms. The summed E-state index contributed by atoms with van der Waals surface area (Å²) in [6, 6.07) is 5.39. The van der Waals surface area contributed by atoms with Crippen LogP contribution >= 0.6 is 23.2 Å². The highest BCUT2D eigenvalue weighted by Crippen LogP contribution is 2.33. The minimum Gasteiger partial charge on any atom is -0.368 e. The number of nitrogens with zero attached hydrogens (tertiary/aromatic N) is 5. The van der Waals surface area contributed by atoms with Gasteiger partial charge < -0.3 is 10.6 Å². The maximum Gasteiger partial charge on any atom is 0.319 e. The lowest BCUT2D eigenvalue weighted by Crippen LogP contribution is -2.46. The fourth-order valence-corrected chi connectivity index (χ4v) is 4.95. The van der Waals surface area contributed by atoms with Gasteiger partial charge in [0.1, 0.15) is 0 Å². The van der Waals surface area contributed by atoms with Crippen LogP contribution in [0.3, 0.4) is 0 Å². The van der Waals surface area contributed by atoms with Crippen LogP contribution in [0, 0.1) is 0 Å². The van der Waals surface area contributed by atoms with Gasteiger partial charge in [-0.2, -0.15) is 5.10 Å². The van der Waals surface area contributed by atoms with Crippen LogP contribution in [0.1, 0.15) is 31.4 Å². The van der Waals surface area contributed by atoms with E-state index in [1.807, 2.05) is 22.9 Å². The number of hydrogen-bond acceptors (Lipinski definition) is 4. The Bertz CT molecular complexity index is 909. The molecule has 0 unspecified atom stereocenters. The number of unbranched alkanes of at least 4 members (excludes halogenated alkanes) is 1. The van der Waals surface area contributed by atoms with Crippen molar-refractivity contribution in [2.45, 2.75) is 38.6 Å². The third-order valence-corrected chi connectivity index (χ3v) is 7.08. The summed E-state index contributed by atoms with van der Waals surface area (Å²) in [6.07, 6.45) is 6.96. The summed E-state index contributed by atoms with van der Waals surface area (Å²) in [5.41, 5.74) is 8.73. The molecule has 0 saturated carbocycles. The van der Waals surface area contributed by atoms with Gasteiger partial charge >= 0.3 is 6.03 Å². The van der Waals surface area contributed by atoms with E-state index in [2.05, 4.69) is 14.9 Å². The van der Waals surface area contributed by atoms with Gasteiger partial charge in [-0.25, -0.2) is 4.79 Å². The number of nitrogens with two attached hydrogens (primary N) is 1. The van der Waals surface area contributed by atoms with Crippen molar-refractivity contribution >= 4 is 40.6 Å². The maximum absolute atomic E-state index is 12.1. The van der Waals surface area contributed by atoms with E-state index in [1.165, 1.54) is 0 Å². The molecule has 1 aromatic carbocycles. The molecule has 0 spiro atoms. The van der Waals surface area contributed by atoms with Gasteiger partial charge in [-0.1, -0.05) is 29.3 Å². The van der Waals surface area contributed by atoms with Crippen LogP contribution in [0.15, 0.2) is 24.4 Å². The second kappa shape index (κ2) is 10.1. The van der Waals surface area contributed by atoms with Crippen molar-refractivity contribution in [2.24, 2.45) is 5.73 Å². The Balaban J connectivity index is 1.24. The van der Waals surface area contributed by atoms with Gasteiger partial charge in [0.05, 0.1) is 33.3 Å². The summed E-state index contributed by atoms with van der Waals surface area (Å²) < 4.78 is 2.01. The van der Waals surface area contributed by atoms with Crippen LogP contribution in [0.2, 0.25) is 10.0 Å². The molecular formula is C22H30Cl2N6O. The zero-order chi connectivity index (χ0) is 21.8. The number of benzene rings is 1. The van der Waals surface area contributed by atoms with E-state index < -0.39 is 6.03 Å². The number of fused-ring (bicyclic) bond motifs is 1. The average Bonchev–Trinajstić information content (AvgIpc) is 3.20. The minimum absolute atomic E-state index is 0.395. The Hall–Kier alpha value is -1.96. The van der Waals surface area contributed by atoms with Crippen LogP contribution in [0.5, 0.6) is 0 Å². The van der Waals surface area contributed by atoms with Crippen molar-refractivity contribution in [3.63, 3.8) is 0 Å². The number of hydrogen-bond donors (Lipinski definition) is 1. The van der Waals surface area contributed by atoms with E-state index in [0.29, 0.717) is 16.6 Å². The molecule has 0 aliphatic carbocycles. The predicted octanol–water partition coefficient (Wildman–Crippen LogP) is 4.01. The molecule has 7 nitrogen and oxygen atoms in total. The second-order valence-electron chi connectivity index (χ2n) is 8.26. The number of primary amides is 1. The molecule has 1 saturated heterocycles. The zero-order valence-electron chi connectivity index (χ0n) is 17.8. The summed E-state index contributed by atoms with van der Waals surface area (Å²) in [7, 11) is 0. The molecule has 4 rings (SSSR count). The van der Waals surface area contributed by atoms with E-state index in [-0.39, 0.29) is 0 Å². The normalized spacial score (nSPS) is 16.9. The van der Waals surface area contributed by atoms with Gasteiger partial charge in [0.2, 0.25) is 0 Å². The first-order valence-electron chi connectivity index (χ1n) is 11.1.